The number of benzene rings is 1. The van der Waals surface area contributed by atoms with Gasteiger partial charge in [-0.1, -0.05) is 12.1 Å². The van der Waals surface area contributed by atoms with Gasteiger partial charge in [-0.15, -0.1) is 0 Å². The van der Waals surface area contributed by atoms with Crippen molar-refractivity contribution in [1.29, 1.82) is 0 Å². The number of alkyl carbamates (subject to hydrolysis) is 1. The molecule has 2 rings (SSSR count). The van der Waals surface area contributed by atoms with Gasteiger partial charge in [0.2, 0.25) is 10.0 Å². The molecule has 0 aliphatic carbocycles. The summed E-state index contributed by atoms with van der Waals surface area (Å²) in [6.07, 6.45) is -0.318. The van der Waals surface area contributed by atoms with E-state index in [-0.39, 0.29) is 12.6 Å². The van der Waals surface area contributed by atoms with Crippen molar-refractivity contribution in [3.05, 3.63) is 34.4 Å². The number of aliphatic hydroxyl groups excluding tert-OH is 1. The average Bonchev–Trinajstić information content (AvgIpc) is 3.25. The molecule has 0 radical (unpaired) electrons. The zero-order valence-electron chi connectivity index (χ0n) is 19.3. The van der Waals surface area contributed by atoms with Crippen LogP contribution in [-0.2, 0) is 29.1 Å². The second-order valence-corrected chi connectivity index (χ2v) is 10.4. The molecule has 0 aromatic heterocycles. The summed E-state index contributed by atoms with van der Waals surface area (Å²) in [5, 5.41) is 25.3. The van der Waals surface area contributed by atoms with Crippen LogP contribution in [-0.4, -0.2) is 73.4 Å². The van der Waals surface area contributed by atoms with Gasteiger partial charge >= 0.3 is 18.0 Å². The normalized spacial score (nSPS) is 19.0. The first kappa shape index (κ1) is 28.1. The smallest absolute Gasteiger partial charge is 0.408 e. The summed E-state index contributed by atoms with van der Waals surface area (Å²) in [7, 11) is -4.51. The van der Waals surface area contributed by atoms with Crippen molar-refractivity contribution in [1.82, 2.24) is 15.4 Å². The lowest BCUT2D eigenvalue weighted by Crippen LogP contribution is -2.51. The van der Waals surface area contributed by atoms with Crippen LogP contribution in [0.2, 0.25) is 0 Å². The first-order chi connectivity index (χ1) is 16.2. The van der Waals surface area contributed by atoms with Crippen molar-refractivity contribution < 1.29 is 42.3 Å². The number of esters is 2. The molecule has 14 nitrogen and oxygen atoms in total. The molecule has 1 aromatic carbocycles. The van der Waals surface area contributed by atoms with Gasteiger partial charge in [-0.05, 0) is 39.7 Å². The summed E-state index contributed by atoms with van der Waals surface area (Å²) in [5.74, 6) is -2.25. The number of hydrogen-bond donors (Lipinski definition) is 4. The molecule has 15 heteroatoms. The quantitative estimate of drug-likeness (QED) is 0.148. The van der Waals surface area contributed by atoms with E-state index >= 15 is 0 Å². The van der Waals surface area contributed by atoms with Crippen molar-refractivity contribution >= 4 is 33.7 Å². The topological polar surface area (TPSA) is 203 Å². The third-order valence-corrected chi connectivity index (χ3v) is 6.22. The van der Waals surface area contributed by atoms with Crippen LogP contribution in [0.3, 0.4) is 0 Å². The number of para-hydroxylation sites is 1. The minimum atomic E-state index is -4.51. The molecular weight excluding hydrogens is 488 g/mol. The number of nitro groups is 1. The van der Waals surface area contributed by atoms with E-state index in [1.165, 1.54) is 12.1 Å². The minimum Gasteiger partial charge on any atom is -0.444 e. The van der Waals surface area contributed by atoms with Gasteiger partial charge in [0.15, 0.2) is 4.90 Å². The van der Waals surface area contributed by atoms with Crippen molar-refractivity contribution in [2.45, 2.75) is 62.2 Å². The van der Waals surface area contributed by atoms with E-state index in [0.717, 1.165) is 12.1 Å². The Morgan fingerprint density at radius 3 is 2.49 bits per heavy atom. The highest BCUT2D eigenvalue weighted by Gasteiger charge is 2.35. The van der Waals surface area contributed by atoms with Crippen LogP contribution in [0, 0.1) is 10.1 Å². The number of carbonyl (C=O) groups excluding carboxylic acids is 3. The Morgan fingerprint density at radius 1 is 1.26 bits per heavy atom. The number of nitrogens with one attached hydrogen (secondary N) is 3. The number of sulfonamides is 1. The Hall–Kier alpha value is -3.14. The summed E-state index contributed by atoms with van der Waals surface area (Å²) in [6.45, 7) is 3.67. The molecule has 1 aliphatic rings. The lowest BCUT2D eigenvalue weighted by molar-refractivity contribution is -0.387. The van der Waals surface area contributed by atoms with E-state index in [2.05, 4.69) is 10.6 Å². The summed E-state index contributed by atoms with van der Waals surface area (Å²) in [4.78, 5) is 46.8. The highest BCUT2D eigenvalue weighted by atomic mass is 32.2. The zero-order chi connectivity index (χ0) is 26.4. The van der Waals surface area contributed by atoms with Crippen LogP contribution >= 0.6 is 0 Å². The molecule has 0 unspecified atom stereocenters. The molecular formula is C20H28N4O10S. The van der Waals surface area contributed by atoms with Gasteiger partial charge in [0.05, 0.1) is 11.5 Å². The largest absolute Gasteiger partial charge is 0.444 e. The van der Waals surface area contributed by atoms with Gasteiger partial charge in [0.1, 0.15) is 17.7 Å². The number of hydrogen-bond acceptors (Lipinski definition) is 11. The fourth-order valence-electron chi connectivity index (χ4n) is 3.14. The number of aliphatic hydroxyl groups is 1. The van der Waals surface area contributed by atoms with Gasteiger partial charge in [0, 0.05) is 18.7 Å². The van der Waals surface area contributed by atoms with E-state index < -0.39 is 67.8 Å². The van der Waals surface area contributed by atoms with E-state index in [4.69, 9.17) is 9.47 Å². The van der Waals surface area contributed by atoms with Gasteiger partial charge in [-0.2, -0.15) is 0 Å². The van der Waals surface area contributed by atoms with Crippen LogP contribution in [0.5, 0.6) is 0 Å². The summed E-state index contributed by atoms with van der Waals surface area (Å²) in [6, 6.07) is 1.63. The lowest BCUT2D eigenvalue weighted by Gasteiger charge is -2.23. The molecule has 1 fully saturated rings. The number of rotatable bonds is 9. The average molecular weight is 517 g/mol. The van der Waals surface area contributed by atoms with Crippen LogP contribution in [0.15, 0.2) is 29.2 Å². The minimum absolute atomic E-state index is 0.214. The van der Waals surface area contributed by atoms with E-state index in [0.29, 0.717) is 12.8 Å². The third-order valence-electron chi connectivity index (χ3n) is 4.75. The van der Waals surface area contributed by atoms with Crippen molar-refractivity contribution in [3.63, 3.8) is 0 Å². The Labute approximate surface area is 201 Å². The maximum absolute atomic E-state index is 12.7. The van der Waals surface area contributed by atoms with E-state index in [1.807, 2.05) is 4.72 Å². The van der Waals surface area contributed by atoms with Gasteiger partial charge in [-0.25, -0.2) is 27.5 Å². The second kappa shape index (κ2) is 11.5. The maximum Gasteiger partial charge on any atom is 0.408 e. The first-order valence-electron chi connectivity index (χ1n) is 10.6. The second-order valence-electron chi connectivity index (χ2n) is 8.69. The predicted octanol–water partition coefficient (Wildman–Crippen LogP) is -0.0509. The third kappa shape index (κ3) is 8.24. The molecule has 35 heavy (non-hydrogen) atoms. The fraction of sp³-hybridized carbons (Fsp3) is 0.550. The molecule has 3 atom stereocenters. The van der Waals surface area contributed by atoms with Gasteiger partial charge in [-0.3, -0.25) is 15.4 Å². The zero-order valence-corrected chi connectivity index (χ0v) is 20.2. The summed E-state index contributed by atoms with van der Waals surface area (Å²) < 4.78 is 37.3. The lowest BCUT2D eigenvalue weighted by atomic mass is 10.2. The molecule has 1 aromatic rings. The highest BCUT2D eigenvalue weighted by Crippen LogP contribution is 2.22. The molecule has 1 aliphatic heterocycles. The fourth-order valence-corrected chi connectivity index (χ4v) is 4.36. The van der Waals surface area contributed by atoms with Crippen LogP contribution in [0.4, 0.5) is 10.5 Å². The van der Waals surface area contributed by atoms with E-state index in [9.17, 15) is 38.0 Å². The monoisotopic (exact) mass is 516 g/mol. The molecule has 4 N–H and O–H groups in total. The standard InChI is InChI=1S/C20H28N4O10S/c1-20(2,3)34-19(28)23-14(18(27)33-17(26)13-9-8-12(11-25)22-13)10-21-35(31,32)16-7-5-4-6-15(16)24(29)30/h4-7,12-14,21-22,25H,8-11H2,1-3H3,(H,23,28)/t12-,13-,14+/m1/s1. The number of nitrogens with zero attached hydrogens (tertiary/aromatic N) is 1. The van der Waals surface area contributed by atoms with Crippen LogP contribution in [0.1, 0.15) is 33.6 Å². The summed E-state index contributed by atoms with van der Waals surface area (Å²) >= 11 is 0. The Balaban J connectivity index is 2.18. The van der Waals surface area contributed by atoms with Crippen molar-refractivity contribution in [2.75, 3.05) is 13.2 Å². The number of carbonyl (C=O) groups is 3. The SMILES string of the molecule is CC(C)(C)OC(=O)N[C@@H](CNS(=O)(=O)c1ccccc1[N+](=O)[O-])C(=O)OC(=O)[C@H]1CC[C@H](CO)N1. The number of nitro benzene ring substituents is 1. The van der Waals surface area contributed by atoms with Crippen LogP contribution < -0.4 is 15.4 Å². The molecule has 194 valence electrons. The molecule has 0 spiro atoms. The molecule has 0 bridgehead atoms. The maximum atomic E-state index is 12.7. The predicted molar refractivity (Wildman–Crippen MR) is 120 cm³/mol. The summed E-state index contributed by atoms with van der Waals surface area (Å²) in [5.41, 5.74) is -1.65. The molecule has 1 heterocycles. The number of ether oxygens (including phenoxy) is 2. The molecule has 0 saturated carbocycles. The molecule has 1 amide bonds. The first-order valence-corrected chi connectivity index (χ1v) is 12.1. The van der Waals surface area contributed by atoms with Gasteiger partial charge < -0.3 is 19.9 Å². The molecule has 1 saturated heterocycles. The van der Waals surface area contributed by atoms with Crippen LogP contribution in [0.25, 0.3) is 0 Å². The Bertz CT molecular complexity index is 1070. The number of amides is 1. The Kier molecular flexibility index (Phi) is 9.25. The Morgan fingerprint density at radius 2 is 1.91 bits per heavy atom. The van der Waals surface area contributed by atoms with Crippen molar-refractivity contribution in [3.8, 4) is 0 Å². The highest BCUT2D eigenvalue weighted by molar-refractivity contribution is 7.89. The van der Waals surface area contributed by atoms with Crippen molar-refractivity contribution in [2.24, 2.45) is 0 Å². The van der Waals surface area contributed by atoms with E-state index in [1.54, 1.807) is 20.8 Å². The van der Waals surface area contributed by atoms with Gasteiger partial charge in [0.25, 0.3) is 5.69 Å².